The van der Waals surface area contributed by atoms with Gasteiger partial charge < -0.3 is 15.3 Å². The van der Waals surface area contributed by atoms with Crippen molar-refractivity contribution in [2.45, 2.75) is 18.6 Å². The number of aliphatic hydroxyl groups excluding tert-OH is 2. The zero-order valence-electron chi connectivity index (χ0n) is 8.99. The lowest BCUT2D eigenvalue weighted by Gasteiger charge is -2.16. The van der Waals surface area contributed by atoms with Crippen LogP contribution < -0.4 is 0 Å². The van der Waals surface area contributed by atoms with Gasteiger partial charge in [-0.2, -0.15) is 0 Å². The number of aliphatic hydroxyl groups is 2. The molecule has 0 radical (unpaired) electrons. The van der Waals surface area contributed by atoms with E-state index in [1.807, 2.05) is 0 Å². The van der Waals surface area contributed by atoms with Crippen LogP contribution in [0.2, 0.25) is 0 Å². The lowest BCUT2D eigenvalue weighted by atomic mass is 10.0. The van der Waals surface area contributed by atoms with E-state index < -0.39 is 29.5 Å². The van der Waals surface area contributed by atoms with Gasteiger partial charge in [0.1, 0.15) is 6.10 Å². The van der Waals surface area contributed by atoms with Crippen molar-refractivity contribution in [2.75, 3.05) is 0 Å². The Hall–Kier alpha value is -1.51. The molecule has 0 fully saturated rings. The smallest absolute Gasteiger partial charge is 0.306 e. The minimum atomic E-state index is -1.63. The van der Waals surface area contributed by atoms with Crippen molar-refractivity contribution < 1.29 is 25.0 Å². The average Bonchev–Trinajstić information content (AvgIpc) is 2.26. The highest BCUT2D eigenvalue weighted by Crippen LogP contribution is 2.30. The van der Waals surface area contributed by atoms with Gasteiger partial charge in [0.2, 0.25) is 0 Å². The quantitative estimate of drug-likeness (QED) is 0.554. The highest BCUT2D eigenvalue weighted by molar-refractivity contribution is 9.10. The van der Waals surface area contributed by atoms with Gasteiger partial charge in [-0.15, -0.1) is 0 Å². The molecule has 0 aliphatic carbocycles. The predicted molar refractivity (Wildman–Crippen MR) is 64.0 cm³/mol. The molecule has 0 heterocycles. The molecule has 1 aromatic carbocycles. The molecule has 0 saturated heterocycles. The molecule has 98 valence electrons. The number of halogens is 1. The van der Waals surface area contributed by atoms with Gasteiger partial charge in [0.15, 0.2) is 0 Å². The van der Waals surface area contributed by atoms with Gasteiger partial charge in [0, 0.05) is 10.5 Å². The van der Waals surface area contributed by atoms with Crippen molar-refractivity contribution in [1.82, 2.24) is 0 Å². The fraction of sp³-hybridized carbons (Fsp3) is 0.300. The Morgan fingerprint density at radius 3 is 2.56 bits per heavy atom. The number of aliphatic carboxylic acids is 1. The van der Waals surface area contributed by atoms with Crippen LogP contribution >= 0.6 is 15.9 Å². The van der Waals surface area contributed by atoms with E-state index in [4.69, 9.17) is 5.11 Å². The second kappa shape index (κ2) is 5.89. The molecule has 3 N–H and O–H groups in total. The molecule has 1 rings (SSSR count). The normalized spacial score (nSPS) is 13.9. The number of hydrogen-bond donors (Lipinski definition) is 3. The summed E-state index contributed by atoms with van der Waals surface area (Å²) in [5.74, 6) is -1.30. The molecule has 0 bridgehead atoms. The van der Waals surface area contributed by atoms with Gasteiger partial charge in [-0.05, 0) is 12.1 Å². The lowest BCUT2D eigenvalue weighted by Crippen LogP contribution is -2.22. The zero-order chi connectivity index (χ0) is 13.9. The van der Waals surface area contributed by atoms with Crippen LogP contribution in [0.3, 0.4) is 0 Å². The number of carbonyl (C=O) groups is 1. The van der Waals surface area contributed by atoms with Gasteiger partial charge in [0.25, 0.3) is 5.69 Å². The van der Waals surface area contributed by atoms with Crippen LogP contribution in [-0.2, 0) is 4.79 Å². The van der Waals surface area contributed by atoms with Crippen LogP contribution in [0.4, 0.5) is 5.69 Å². The summed E-state index contributed by atoms with van der Waals surface area (Å²) < 4.78 is 0.442. The molecule has 0 aliphatic rings. The summed E-state index contributed by atoms with van der Waals surface area (Å²) in [6.07, 6.45) is -3.94. The second-order valence-corrected chi connectivity index (χ2v) is 4.49. The number of nitro groups is 1. The van der Waals surface area contributed by atoms with Gasteiger partial charge >= 0.3 is 5.97 Å². The van der Waals surface area contributed by atoms with Crippen LogP contribution in [0.1, 0.15) is 18.1 Å². The van der Waals surface area contributed by atoms with E-state index in [2.05, 4.69) is 15.9 Å². The molecule has 18 heavy (non-hydrogen) atoms. The summed E-state index contributed by atoms with van der Waals surface area (Å²) in [6.45, 7) is 0. The Bertz CT molecular complexity index is 477. The Morgan fingerprint density at radius 1 is 1.44 bits per heavy atom. The van der Waals surface area contributed by atoms with Gasteiger partial charge in [0.05, 0.1) is 23.0 Å². The summed E-state index contributed by atoms with van der Waals surface area (Å²) in [5, 5.41) is 38.5. The summed E-state index contributed by atoms with van der Waals surface area (Å²) in [7, 11) is 0. The highest BCUT2D eigenvalue weighted by atomic mass is 79.9. The molecule has 2 unspecified atom stereocenters. The average molecular weight is 320 g/mol. The maximum absolute atomic E-state index is 10.8. The molecular weight excluding hydrogens is 310 g/mol. The van der Waals surface area contributed by atoms with E-state index in [0.29, 0.717) is 4.47 Å². The Morgan fingerprint density at radius 2 is 2.06 bits per heavy atom. The SMILES string of the molecule is O=C(O)CC(O)C(O)c1ccc(Br)cc1[N+](=O)[O-]. The lowest BCUT2D eigenvalue weighted by molar-refractivity contribution is -0.386. The molecule has 0 aliphatic heterocycles. The van der Waals surface area contributed by atoms with Crippen molar-refractivity contribution in [3.05, 3.63) is 38.3 Å². The third-order valence-corrected chi connectivity index (χ3v) is 2.75. The Kier molecular flexibility index (Phi) is 4.76. The Balaban J connectivity index is 3.08. The number of rotatable bonds is 5. The first-order valence-corrected chi connectivity index (χ1v) is 5.64. The van der Waals surface area contributed by atoms with Gasteiger partial charge in [-0.1, -0.05) is 15.9 Å². The van der Waals surface area contributed by atoms with E-state index in [9.17, 15) is 25.1 Å². The van der Waals surface area contributed by atoms with Gasteiger partial charge in [-0.3, -0.25) is 14.9 Å². The fourth-order valence-electron chi connectivity index (χ4n) is 1.42. The number of hydrogen-bond acceptors (Lipinski definition) is 5. The molecule has 8 heteroatoms. The minimum Gasteiger partial charge on any atom is -0.481 e. The first kappa shape index (κ1) is 14.6. The van der Waals surface area contributed by atoms with Crippen molar-refractivity contribution >= 4 is 27.6 Å². The number of carboxylic acids is 1. The van der Waals surface area contributed by atoms with Crippen LogP contribution in [0.15, 0.2) is 22.7 Å². The number of nitrogens with zero attached hydrogens (tertiary/aromatic N) is 1. The van der Waals surface area contributed by atoms with Crippen molar-refractivity contribution in [1.29, 1.82) is 0 Å². The van der Waals surface area contributed by atoms with E-state index in [0.717, 1.165) is 0 Å². The van der Waals surface area contributed by atoms with Crippen LogP contribution in [0, 0.1) is 10.1 Å². The third kappa shape index (κ3) is 3.49. The molecule has 0 amide bonds. The molecule has 0 saturated carbocycles. The Labute approximate surface area is 110 Å². The topological polar surface area (TPSA) is 121 Å². The number of carboxylic acid groups (broad SMARTS) is 1. The van der Waals surface area contributed by atoms with Crippen molar-refractivity contribution in [3.8, 4) is 0 Å². The highest BCUT2D eigenvalue weighted by Gasteiger charge is 2.27. The molecule has 2 atom stereocenters. The van der Waals surface area contributed by atoms with Crippen molar-refractivity contribution in [3.63, 3.8) is 0 Å². The van der Waals surface area contributed by atoms with Crippen LogP contribution in [0.25, 0.3) is 0 Å². The van der Waals surface area contributed by atoms with E-state index >= 15 is 0 Å². The molecule has 1 aromatic rings. The van der Waals surface area contributed by atoms with Crippen LogP contribution in [0.5, 0.6) is 0 Å². The molecule has 0 aromatic heterocycles. The minimum absolute atomic E-state index is 0.128. The monoisotopic (exact) mass is 319 g/mol. The van der Waals surface area contributed by atoms with Gasteiger partial charge in [-0.25, -0.2) is 0 Å². The largest absolute Gasteiger partial charge is 0.481 e. The predicted octanol–water partition coefficient (Wildman–Crippen LogP) is 1.23. The number of benzene rings is 1. The zero-order valence-corrected chi connectivity index (χ0v) is 10.6. The summed E-state index contributed by atoms with van der Waals surface area (Å²) >= 11 is 3.05. The van der Waals surface area contributed by atoms with Crippen LogP contribution in [-0.4, -0.2) is 32.3 Å². The molecule has 0 spiro atoms. The first-order chi connectivity index (χ1) is 8.32. The maximum Gasteiger partial charge on any atom is 0.306 e. The maximum atomic E-state index is 10.8. The molecular formula is C10H10BrNO6. The fourth-order valence-corrected chi connectivity index (χ4v) is 1.77. The number of nitro benzene ring substituents is 1. The summed E-state index contributed by atoms with van der Waals surface area (Å²) in [5.41, 5.74) is -0.515. The second-order valence-electron chi connectivity index (χ2n) is 3.57. The third-order valence-electron chi connectivity index (χ3n) is 2.26. The summed E-state index contributed by atoms with van der Waals surface area (Å²) in [4.78, 5) is 20.5. The summed E-state index contributed by atoms with van der Waals surface area (Å²) in [6, 6.07) is 3.89. The van der Waals surface area contributed by atoms with E-state index in [1.165, 1.54) is 18.2 Å². The first-order valence-electron chi connectivity index (χ1n) is 4.84. The van der Waals surface area contributed by atoms with Crippen molar-refractivity contribution in [2.24, 2.45) is 0 Å². The van der Waals surface area contributed by atoms with E-state index in [-0.39, 0.29) is 11.3 Å². The standard InChI is InChI=1S/C10H10BrNO6/c11-5-1-2-6(7(3-5)12(17)18)10(16)8(13)4-9(14)15/h1-3,8,10,13,16H,4H2,(H,14,15). The van der Waals surface area contributed by atoms with E-state index in [1.54, 1.807) is 0 Å². The molecule has 7 nitrogen and oxygen atoms in total.